The van der Waals surface area contributed by atoms with Crippen LogP contribution in [-0.2, 0) is 19.8 Å². The highest BCUT2D eigenvalue weighted by atomic mass is 35.5. The van der Waals surface area contributed by atoms with E-state index in [1.54, 1.807) is 13.8 Å². The number of rotatable bonds is 7. The van der Waals surface area contributed by atoms with Gasteiger partial charge in [0.1, 0.15) is 11.3 Å². The van der Waals surface area contributed by atoms with Gasteiger partial charge >= 0.3 is 7.60 Å². The van der Waals surface area contributed by atoms with Gasteiger partial charge in [0.2, 0.25) is 0 Å². The van der Waals surface area contributed by atoms with Crippen LogP contribution in [0.1, 0.15) is 19.4 Å². The maximum Gasteiger partial charge on any atom is 0.335 e. The predicted octanol–water partition coefficient (Wildman–Crippen LogP) is 3.41. The van der Waals surface area contributed by atoms with Crippen LogP contribution in [0.5, 0.6) is 0 Å². The van der Waals surface area contributed by atoms with Crippen molar-refractivity contribution in [3.8, 4) is 0 Å². The molecule has 19 heavy (non-hydrogen) atoms. The summed E-state index contributed by atoms with van der Waals surface area (Å²) in [5.41, 5.74) is 0.0417. The van der Waals surface area contributed by atoms with Crippen LogP contribution in [0, 0.1) is 10.1 Å². The quantitative estimate of drug-likeness (QED) is 0.332. The molecule has 0 spiro atoms. The molecule has 0 saturated carbocycles. The van der Waals surface area contributed by atoms with Crippen LogP contribution in [-0.4, -0.2) is 23.1 Å². The van der Waals surface area contributed by atoms with Crippen molar-refractivity contribution < 1.29 is 18.5 Å². The average molecular weight is 309 g/mol. The van der Waals surface area contributed by atoms with Crippen LogP contribution in [0.4, 0.5) is 5.69 Å². The van der Waals surface area contributed by atoms with E-state index in [0.29, 0.717) is 0 Å². The molecular weight excluding hydrogens is 295 g/mol. The van der Waals surface area contributed by atoms with E-state index in [1.165, 1.54) is 6.07 Å². The van der Waals surface area contributed by atoms with Crippen LogP contribution in [0.2, 0.25) is 5.15 Å². The minimum absolute atomic E-state index is 0.0465. The highest BCUT2D eigenvalue weighted by Gasteiger charge is 2.26. The summed E-state index contributed by atoms with van der Waals surface area (Å²) in [5, 5.41) is 10.7. The monoisotopic (exact) mass is 308 g/mol. The van der Waals surface area contributed by atoms with E-state index < -0.39 is 12.5 Å². The zero-order valence-corrected chi connectivity index (χ0v) is 12.2. The van der Waals surface area contributed by atoms with Crippen molar-refractivity contribution in [2.75, 3.05) is 13.2 Å². The van der Waals surface area contributed by atoms with Gasteiger partial charge in [-0.15, -0.1) is 0 Å². The van der Waals surface area contributed by atoms with Crippen molar-refractivity contribution >= 4 is 24.9 Å². The molecule has 0 aliphatic carbocycles. The molecule has 0 unspecified atom stereocenters. The Morgan fingerprint density at radius 2 is 2.00 bits per heavy atom. The van der Waals surface area contributed by atoms with Gasteiger partial charge in [-0.05, 0) is 13.8 Å². The van der Waals surface area contributed by atoms with Crippen molar-refractivity contribution in [2.45, 2.75) is 20.0 Å². The SMILES string of the molecule is CCOP(=O)(Cc1cc([N+](=O)[O-])cnc1Cl)OCC. The van der Waals surface area contributed by atoms with Crippen LogP contribution in [0.3, 0.4) is 0 Å². The van der Waals surface area contributed by atoms with Crippen molar-refractivity contribution in [2.24, 2.45) is 0 Å². The Morgan fingerprint density at radius 3 is 2.47 bits per heavy atom. The van der Waals surface area contributed by atoms with E-state index in [1.807, 2.05) is 0 Å². The Labute approximate surface area is 115 Å². The summed E-state index contributed by atoms with van der Waals surface area (Å²) >= 11 is 5.84. The van der Waals surface area contributed by atoms with Gasteiger partial charge < -0.3 is 9.05 Å². The third-order valence-electron chi connectivity index (χ3n) is 2.12. The second kappa shape index (κ2) is 6.96. The first-order valence-electron chi connectivity index (χ1n) is 5.58. The number of pyridine rings is 1. The van der Waals surface area contributed by atoms with E-state index in [0.717, 1.165) is 6.20 Å². The van der Waals surface area contributed by atoms with E-state index in [4.69, 9.17) is 20.6 Å². The second-order valence-corrected chi connectivity index (χ2v) is 5.92. The molecule has 7 nitrogen and oxygen atoms in total. The average Bonchev–Trinajstić information content (AvgIpc) is 2.32. The van der Waals surface area contributed by atoms with E-state index in [-0.39, 0.29) is 35.8 Å². The third kappa shape index (κ3) is 4.54. The van der Waals surface area contributed by atoms with Gasteiger partial charge in [0, 0.05) is 11.6 Å². The van der Waals surface area contributed by atoms with Crippen LogP contribution >= 0.6 is 19.2 Å². The molecule has 1 aromatic rings. The van der Waals surface area contributed by atoms with E-state index >= 15 is 0 Å². The number of halogens is 1. The fourth-order valence-corrected chi connectivity index (χ4v) is 3.39. The molecule has 0 fully saturated rings. The fourth-order valence-electron chi connectivity index (χ4n) is 1.42. The molecule has 0 atom stereocenters. The summed E-state index contributed by atoms with van der Waals surface area (Å²) in [6, 6.07) is 1.22. The Bertz CT molecular complexity index is 501. The normalized spacial score (nSPS) is 11.5. The molecule has 0 N–H and O–H groups in total. The van der Waals surface area contributed by atoms with Crippen LogP contribution in [0.25, 0.3) is 0 Å². The number of nitrogens with zero attached hydrogens (tertiary/aromatic N) is 2. The number of aromatic nitrogens is 1. The first-order chi connectivity index (χ1) is 8.91. The molecule has 106 valence electrons. The largest absolute Gasteiger partial charge is 0.335 e. The summed E-state index contributed by atoms with van der Waals surface area (Å²) in [6.45, 7) is 3.77. The predicted molar refractivity (Wildman–Crippen MR) is 70.5 cm³/mol. The van der Waals surface area contributed by atoms with E-state index in [2.05, 4.69) is 4.98 Å². The van der Waals surface area contributed by atoms with Crippen molar-refractivity contribution in [1.29, 1.82) is 0 Å². The molecule has 0 aliphatic heterocycles. The lowest BCUT2D eigenvalue weighted by atomic mass is 10.3. The molecule has 0 bridgehead atoms. The zero-order chi connectivity index (χ0) is 14.5. The first kappa shape index (κ1) is 16.0. The maximum atomic E-state index is 12.3. The first-order valence-corrected chi connectivity index (χ1v) is 7.69. The topological polar surface area (TPSA) is 91.6 Å². The highest BCUT2D eigenvalue weighted by molar-refractivity contribution is 7.53. The van der Waals surface area contributed by atoms with Crippen molar-refractivity contribution in [1.82, 2.24) is 4.98 Å². The van der Waals surface area contributed by atoms with Gasteiger partial charge in [0.25, 0.3) is 5.69 Å². The van der Waals surface area contributed by atoms with Gasteiger partial charge in [-0.3, -0.25) is 14.7 Å². The fraction of sp³-hybridized carbons (Fsp3) is 0.500. The Kier molecular flexibility index (Phi) is 5.87. The Balaban J connectivity index is 3.05. The molecular formula is C10H14ClN2O5P. The third-order valence-corrected chi connectivity index (χ3v) is 4.50. The standard InChI is InChI=1S/C10H14ClN2O5P/c1-3-17-19(16,18-4-2)7-8-5-9(13(14)15)6-12-10(8)11/h5-6H,3-4,7H2,1-2H3. The van der Waals surface area contributed by atoms with Crippen molar-refractivity contribution in [3.63, 3.8) is 0 Å². The van der Waals surface area contributed by atoms with Gasteiger partial charge in [0.05, 0.1) is 24.3 Å². The Morgan fingerprint density at radius 1 is 1.42 bits per heavy atom. The molecule has 0 aromatic carbocycles. The minimum atomic E-state index is -3.37. The second-order valence-electron chi connectivity index (χ2n) is 3.51. The summed E-state index contributed by atoms with van der Waals surface area (Å²) in [5.74, 6) is 0. The lowest BCUT2D eigenvalue weighted by Gasteiger charge is -2.17. The Hall–Kier alpha value is -1.01. The number of hydrogen-bond acceptors (Lipinski definition) is 6. The van der Waals surface area contributed by atoms with Gasteiger partial charge in [-0.1, -0.05) is 11.6 Å². The molecule has 0 saturated heterocycles. The lowest BCUT2D eigenvalue weighted by molar-refractivity contribution is -0.385. The summed E-state index contributed by atoms with van der Waals surface area (Å²) in [7, 11) is -3.37. The minimum Gasteiger partial charge on any atom is -0.309 e. The molecule has 1 rings (SSSR count). The van der Waals surface area contributed by atoms with Gasteiger partial charge in [0.15, 0.2) is 0 Å². The molecule has 1 heterocycles. The molecule has 1 aromatic heterocycles. The van der Waals surface area contributed by atoms with Crippen LogP contribution < -0.4 is 0 Å². The number of nitro groups is 1. The maximum absolute atomic E-state index is 12.3. The van der Waals surface area contributed by atoms with Gasteiger partial charge in [-0.2, -0.15) is 0 Å². The zero-order valence-electron chi connectivity index (χ0n) is 10.5. The molecule has 0 radical (unpaired) electrons. The number of hydrogen-bond donors (Lipinski definition) is 0. The van der Waals surface area contributed by atoms with Gasteiger partial charge in [-0.25, -0.2) is 4.98 Å². The summed E-state index contributed by atoms with van der Waals surface area (Å²) in [6.07, 6.45) is 0.889. The summed E-state index contributed by atoms with van der Waals surface area (Å²) in [4.78, 5) is 13.8. The van der Waals surface area contributed by atoms with Crippen molar-refractivity contribution in [3.05, 3.63) is 33.1 Å². The summed E-state index contributed by atoms with van der Waals surface area (Å²) < 4.78 is 22.5. The molecule has 0 amide bonds. The molecule has 9 heteroatoms. The molecule has 0 aliphatic rings. The van der Waals surface area contributed by atoms with E-state index in [9.17, 15) is 14.7 Å². The lowest BCUT2D eigenvalue weighted by Crippen LogP contribution is -2.01. The highest BCUT2D eigenvalue weighted by Crippen LogP contribution is 2.52. The smallest absolute Gasteiger partial charge is 0.309 e. The van der Waals surface area contributed by atoms with Crippen LogP contribution in [0.15, 0.2) is 12.3 Å².